The number of benzene rings is 2. The molecule has 0 spiro atoms. The molecule has 8 heteroatoms. The van der Waals surface area contributed by atoms with E-state index in [9.17, 15) is 13.2 Å². The van der Waals surface area contributed by atoms with Gasteiger partial charge in [-0.1, -0.05) is 29.3 Å². The van der Waals surface area contributed by atoms with Gasteiger partial charge >= 0.3 is 0 Å². The van der Waals surface area contributed by atoms with E-state index in [1.807, 2.05) is 0 Å². The Labute approximate surface area is 174 Å². The fraction of sp³-hybridized carbons (Fsp3) is 0.250. The van der Waals surface area contributed by atoms with E-state index in [0.29, 0.717) is 34.5 Å². The zero-order valence-electron chi connectivity index (χ0n) is 14.9. The summed E-state index contributed by atoms with van der Waals surface area (Å²) in [6.07, 6.45) is 4.19. The van der Waals surface area contributed by atoms with Gasteiger partial charge in [0, 0.05) is 35.0 Å². The van der Waals surface area contributed by atoms with E-state index in [1.54, 1.807) is 40.1 Å². The summed E-state index contributed by atoms with van der Waals surface area (Å²) in [5.41, 5.74) is 1.04. The summed E-state index contributed by atoms with van der Waals surface area (Å²) in [4.78, 5) is 16.2. The Hall–Kier alpha value is -2.02. The molecule has 5 nitrogen and oxygen atoms in total. The van der Waals surface area contributed by atoms with Crippen molar-refractivity contribution in [1.29, 1.82) is 0 Å². The number of likely N-dealkylation sites (tertiary alicyclic amines) is 1. The minimum absolute atomic E-state index is 0.0553. The van der Waals surface area contributed by atoms with Crippen LogP contribution < -0.4 is 4.90 Å². The molecule has 0 unspecified atom stereocenters. The maximum atomic E-state index is 13.2. The molecule has 2 aliphatic heterocycles. The number of anilines is 2. The van der Waals surface area contributed by atoms with Crippen molar-refractivity contribution < 1.29 is 13.2 Å². The third-order valence-electron chi connectivity index (χ3n) is 4.95. The quantitative estimate of drug-likeness (QED) is 0.679. The van der Waals surface area contributed by atoms with Crippen LogP contribution in [0.5, 0.6) is 0 Å². The van der Waals surface area contributed by atoms with Gasteiger partial charge in [0.1, 0.15) is 0 Å². The van der Waals surface area contributed by atoms with Crippen LogP contribution in [0.4, 0.5) is 11.4 Å². The molecule has 1 saturated heterocycles. The highest BCUT2D eigenvalue weighted by Gasteiger charge is 2.38. The summed E-state index contributed by atoms with van der Waals surface area (Å²) in [5.74, 6) is -0.465. The molecule has 0 aliphatic carbocycles. The van der Waals surface area contributed by atoms with Crippen LogP contribution >= 0.6 is 23.2 Å². The highest BCUT2D eigenvalue weighted by atomic mass is 35.5. The number of nitrogens with zero attached hydrogens (tertiary/aromatic N) is 2. The van der Waals surface area contributed by atoms with Crippen LogP contribution in [0.1, 0.15) is 19.3 Å². The van der Waals surface area contributed by atoms with Gasteiger partial charge in [0.05, 0.1) is 10.6 Å². The maximum absolute atomic E-state index is 13.2. The first-order valence-corrected chi connectivity index (χ1v) is 11.2. The zero-order chi connectivity index (χ0) is 19.9. The monoisotopic (exact) mass is 436 g/mol. The molecular formula is C20H18Cl2N2O3S. The minimum Gasteiger partial charge on any atom is -0.338 e. The largest absolute Gasteiger partial charge is 0.338 e. The summed E-state index contributed by atoms with van der Waals surface area (Å²) >= 11 is 12.3. The fourth-order valence-electron chi connectivity index (χ4n) is 3.54. The average molecular weight is 437 g/mol. The van der Waals surface area contributed by atoms with E-state index < -0.39 is 15.7 Å². The van der Waals surface area contributed by atoms with Gasteiger partial charge in [-0.05, 0) is 55.7 Å². The number of hydrogen-bond donors (Lipinski definition) is 0. The Balaban J connectivity index is 1.88. The Morgan fingerprint density at radius 2 is 1.64 bits per heavy atom. The second-order valence-corrected chi connectivity index (χ2v) is 9.57. The lowest BCUT2D eigenvalue weighted by Crippen LogP contribution is -2.39. The molecule has 1 amide bonds. The summed E-state index contributed by atoms with van der Waals surface area (Å²) in [7, 11) is -3.96. The lowest BCUT2D eigenvalue weighted by molar-refractivity contribution is -0.127. The van der Waals surface area contributed by atoms with Crippen molar-refractivity contribution >= 4 is 50.3 Å². The SMILES string of the molecule is O=C(C1=CN(c2cccc(Cl)c2)c2cc(Cl)ccc2S1(=O)=O)N1CCCCC1. The lowest BCUT2D eigenvalue weighted by Gasteiger charge is -2.32. The van der Waals surface area contributed by atoms with Gasteiger partial charge in [-0.15, -0.1) is 0 Å². The van der Waals surface area contributed by atoms with Crippen molar-refractivity contribution in [2.24, 2.45) is 0 Å². The average Bonchev–Trinajstić information content (AvgIpc) is 2.68. The van der Waals surface area contributed by atoms with Crippen LogP contribution in [0.15, 0.2) is 58.5 Å². The molecule has 0 radical (unpaired) electrons. The number of hydrogen-bond acceptors (Lipinski definition) is 4. The Morgan fingerprint density at radius 1 is 0.929 bits per heavy atom. The van der Waals surface area contributed by atoms with E-state index in [-0.39, 0.29) is 9.80 Å². The van der Waals surface area contributed by atoms with Crippen LogP contribution in [0.2, 0.25) is 10.0 Å². The molecule has 4 rings (SSSR count). The number of carbonyl (C=O) groups excluding carboxylic acids is 1. The third kappa shape index (κ3) is 3.41. The molecule has 0 saturated carbocycles. The number of amides is 1. The highest BCUT2D eigenvalue weighted by Crippen LogP contribution is 2.41. The number of piperidine rings is 1. The number of carbonyl (C=O) groups is 1. The van der Waals surface area contributed by atoms with Crippen molar-refractivity contribution in [2.75, 3.05) is 18.0 Å². The molecule has 0 N–H and O–H groups in total. The number of sulfone groups is 1. The van der Waals surface area contributed by atoms with E-state index in [0.717, 1.165) is 19.3 Å². The van der Waals surface area contributed by atoms with Crippen LogP contribution in [0.3, 0.4) is 0 Å². The standard InChI is InChI=1S/C20H18Cl2N2O3S/c21-14-5-4-6-16(11-14)24-13-19(20(25)23-9-2-1-3-10-23)28(26,27)18-8-7-15(22)12-17(18)24/h4-8,11-13H,1-3,9-10H2. The van der Waals surface area contributed by atoms with Crippen LogP contribution in [0, 0.1) is 0 Å². The molecule has 1 fully saturated rings. The second-order valence-electron chi connectivity index (χ2n) is 6.81. The first-order valence-electron chi connectivity index (χ1n) is 8.98. The molecule has 2 aliphatic rings. The zero-order valence-corrected chi connectivity index (χ0v) is 17.3. The van der Waals surface area contributed by atoms with E-state index >= 15 is 0 Å². The van der Waals surface area contributed by atoms with Gasteiger partial charge in [-0.3, -0.25) is 4.79 Å². The topological polar surface area (TPSA) is 57.7 Å². The number of halogens is 2. The normalized spacial score (nSPS) is 18.4. The van der Waals surface area contributed by atoms with E-state index in [1.165, 1.54) is 18.3 Å². The molecule has 0 atom stereocenters. The molecule has 146 valence electrons. The van der Waals surface area contributed by atoms with E-state index in [2.05, 4.69) is 0 Å². The predicted octanol–water partition coefficient (Wildman–Crippen LogP) is 4.77. The molecule has 2 aromatic rings. The number of rotatable bonds is 2. The van der Waals surface area contributed by atoms with Crippen molar-refractivity contribution in [3.05, 3.63) is 63.6 Å². The highest BCUT2D eigenvalue weighted by molar-refractivity contribution is 7.96. The first-order chi connectivity index (χ1) is 13.4. The number of fused-ring (bicyclic) bond motifs is 1. The summed E-state index contributed by atoms with van der Waals surface area (Å²) < 4.78 is 26.5. The molecule has 2 aromatic carbocycles. The van der Waals surface area contributed by atoms with Crippen LogP contribution in [-0.2, 0) is 14.6 Å². The van der Waals surface area contributed by atoms with Gasteiger partial charge in [0.25, 0.3) is 5.91 Å². The van der Waals surface area contributed by atoms with Gasteiger partial charge in [0.15, 0.2) is 4.91 Å². The summed E-state index contributed by atoms with van der Waals surface area (Å²) in [6, 6.07) is 11.5. The lowest BCUT2D eigenvalue weighted by atomic mass is 10.1. The maximum Gasteiger partial charge on any atom is 0.267 e. The molecule has 28 heavy (non-hydrogen) atoms. The van der Waals surface area contributed by atoms with Crippen LogP contribution in [-0.4, -0.2) is 32.3 Å². The predicted molar refractivity (Wildman–Crippen MR) is 111 cm³/mol. The molecule has 0 aromatic heterocycles. The van der Waals surface area contributed by atoms with Crippen molar-refractivity contribution in [2.45, 2.75) is 24.2 Å². The van der Waals surface area contributed by atoms with E-state index in [4.69, 9.17) is 23.2 Å². The third-order valence-corrected chi connectivity index (χ3v) is 7.20. The molecule has 2 heterocycles. The first kappa shape index (κ1) is 19.3. The Kier molecular flexibility index (Phi) is 5.12. The smallest absolute Gasteiger partial charge is 0.267 e. The van der Waals surface area contributed by atoms with Crippen molar-refractivity contribution in [3.63, 3.8) is 0 Å². The van der Waals surface area contributed by atoms with Crippen molar-refractivity contribution in [3.8, 4) is 0 Å². The van der Waals surface area contributed by atoms with Crippen LogP contribution in [0.25, 0.3) is 0 Å². The summed E-state index contributed by atoms with van der Waals surface area (Å²) in [6.45, 7) is 1.13. The van der Waals surface area contributed by atoms with Gasteiger partial charge in [0.2, 0.25) is 9.84 Å². The fourth-order valence-corrected chi connectivity index (χ4v) is 5.41. The minimum atomic E-state index is -3.96. The van der Waals surface area contributed by atoms with Gasteiger partial charge < -0.3 is 9.80 Å². The Morgan fingerprint density at radius 3 is 2.36 bits per heavy atom. The van der Waals surface area contributed by atoms with Crippen molar-refractivity contribution in [1.82, 2.24) is 4.90 Å². The second kappa shape index (κ2) is 7.43. The molecule has 0 bridgehead atoms. The van der Waals surface area contributed by atoms with Gasteiger partial charge in [-0.2, -0.15) is 0 Å². The molecular weight excluding hydrogens is 419 g/mol. The van der Waals surface area contributed by atoms with Gasteiger partial charge in [-0.25, -0.2) is 8.42 Å². The summed E-state index contributed by atoms with van der Waals surface area (Å²) in [5, 5.41) is 0.909. The Bertz CT molecular complexity index is 1080.